The topological polar surface area (TPSA) is 41.6 Å². The standard InChI is InChI=1S/C17H30N2O2.ClH/c1-2-12-21-14-4-3-10-19(11-5-14)16(20)15-13-17(15)6-8-18-9-7-17;/h14-15,18H,2-13H2,1H3;1H. The van der Waals surface area contributed by atoms with E-state index in [1.807, 2.05) is 0 Å². The van der Waals surface area contributed by atoms with Gasteiger partial charge in [-0.25, -0.2) is 0 Å². The molecule has 0 aromatic carbocycles. The number of piperidine rings is 1. The number of likely N-dealkylation sites (tertiary alicyclic amines) is 1. The molecule has 0 radical (unpaired) electrons. The van der Waals surface area contributed by atoms with Gasteiger partial charge >= 0.3 is 0 Å². The quantitative estimate of drug-likeness (QED) is 0.861. The normalized spacial score (nSPS) is 30.5. The van der Waals surface area contributed by atoms with Gasteiger partial charge in [0.25, 0.3) is 0 Å². The number of rotatable bonds is 4. The lowest BCUT2D eigenvalue weighted by Crippen LogP contribution is -2.37. The molecule has 2 atom stereocenters. The van der Waals surface area contributed by atoms with Gasteiger partial charge < -0.3 is 15.0 Å². The summed E-state index contributed by atoms with van der Waals surface area (Å²) < 4.78 is 5.88. The number of halogens is 1. The number of carbonyl (C=O) groups excluding carboxylic acids is 1. The van der Waals surface area contributed by atoms with E-state index >= 15 is 0 Å². The average Bonchev–Trinajstić information content (AvgIpc) is 3.24. The van der Waals surface area contributed by atoms with Crippen molar-refractivity contribution < 1.29 is 9.53 Å². The van der Waals surface area contributed by atoms with Crippen LogP contribution in [0.5, 0.6) is 0 Å². The zero-order valence-corrected chi connectivity index (χ0v) is 14.6. The Labute approximate surface area is 140 Å². The Balaban J connectivity index is 0.00000176. The first-order valence-electron chi connectivity index (χ1n) is 8.86. The summed E-state index contributed by atoms with van der Waals surface area (Å²) in [6.07, 6.45) is 8.21. The van der Waals surface area contributed by atoms with E-state index in [-0.39, 0.29) is 12.4 Å². The van der Waals surface area contributed by atoms with E-state index in [0.29, 0.717) is 23.3 Å². The molecule has 1 amide bonds. The van der Waals surface area contributed by atoms with Gasteiger partial charge in [0.2, 0.25) is 5.91 Å². The van der Waals surface area contributed by atoms with Crippen LogP contribution >= 0.6 is 12.4 Å². The molecule has 3 fully saturated rings. The molecule has 0 aromatic rings. The van der Waals surface area contributed by atoms with Gasteiger partial charge in [0.15, 0.2) is 0 Å². The summed E-state index contributed by atoms with van der Waals surface area (Å²) in [4.78, 5) is 14.9. The minimum absolute atomic E-state index is 0. The van der Waals surface area contributed by atoms with Gasteiger partial charge in [-0.1, -0.05) is 6.92 Å². The van der Waals surface area contributed by atoms with Crippen molar-refractivity contribution in [2.45, 2.75) is 58.0 Å². The molecule has 2 heterocycles. The maximum absolute atomic E-state index is 12.8. The maximum Gasteiger partial charge on any atom is 0.226 e. The monoisotopic (exact) mass is 330 g/mol. The van der Waals surface area contributed by atoms with Crippen LogP contribution in [-0.4, -0.2) is 49.7 Å². The van der Waals surface area contributed by atoms with Gasteiger partial charge in [-0.15, -0.1) is 12.4 Å². The van der Waals surface area contributed by atoms with Crippen molar-refractivity contribution in [1.29, 1.82) is 0 Å². The lowest BCUT2D eigenvalue weighted by molar-refractivity contribution is -0.133. The molecule has 22 heavy (non-hydrogen) atoms. The van der Waals surface area contributed by atoms with Gasteiger partial charge in [0, 0.05) is 25.6 Å². The van der Waals surface area contributed by atoms with E-state index in [9.17, 15) is 4.79 Å². The van der Waals surface area contributed by atoms with Crippen LogP contribution in [0.3, 0.4) is 0 Å². The maximum atomic E-state index is 12.8. The van der Waals surface area contributed by atoms with Crippen LogP contribution in [0.4, 0.5) is 0 Å². The van der Waals surface area contributed by atoms with E-state index in [4.69, 9.17) is 4.74 Å². The molecule has 4 nitrogen and oxygen atoms in total. The number of hydrogen-bond donors (Lipinski definition) is 1. The fraction of sp³-hybridized carbons (Fsp3) is 0.941. The van der Waals surface area contributed by atoms with Gasteiger partial charge in [-0.05, 0) is 63.5 Å². The molecule has 2 unspecified atom stereocenters. The van der Waals surface area contributed by atoms with Crippen molar-refractivity contribution in [3.05, 3.63) is 0 Å². The molecule has 1 aliphatic carbocycles. The predicted octanol–water partition coefficient (Wildman–Crippen LogP) is 2.61. The summed E-state index contributed by atoms with van der Waals surface area (Å²) in [6, 6.07) is 0. The van der Waals surface area contributed by atoms with Gasteiger partial charge in [-0.3, -0.25) is 4.79 Å². The van der Waals surface area contributed by atoms with Crippen molar-refractivity contribution in [2.75, 3.05) is 32.8 Å². The second-order valence-corrected chi connectivity index (χ2v) is 7.12. The van der Waals surface area contributed by atoms with Gasteiger partial charge in [0.05, 0.1) is 6.10 Å². The highest BCUT2D eigenvalue weighted by molar-refractivity contribution is 5.85. The Morgan fingerprint density at radius 1 is 1.27 bits per heavy atom. The Bertz CT molecular complexity index is 372. The highest BCUT2D eigenvalue weighted by atomic mass is 35.5. The summed E-state index contributed by atoms with van der Waals surface area (Å²) in [7, 11) is 0. The highest BCUT2D eigenvalue weighted by Crippen LogP contribution is 2.59. The Morgan fingerprint density at radius 3 is 2.77 bits per heavy atom. The fourth-order valence-electron chi connectivity index (χ4n) is 4.13. The van der Waals surface area contributed by atoms with Crippen molar-refractivity contribution in [3.8, 4) is 0 Å². The van der Waals surface area contributed by atoms with Crippen molar-refractivity contribution in [3.63, 3.8) is 0 Å². The molecule has 0 aromatic heterocycles. The van der Waals surface area contributed by atoms with Crippen molar-refractivity contribution in [1.82, 2.24) is 10.2 Å². The Kier molecular flexibility index (Phi) is 6.54. The van der Waals surface area contributed by atoms with Crippen LogP contribution in [0, 0.1) is 11.3 Å². The zero-order chi connectivity index (χ0) is 14.7. The molecule has 2 saturated heterocycles. The number of amides is 1. The second-order valence-electron chi connectivity index (χ2n) is 7.12. The third kappa shape index (κ3) is 3.95. The first-order chi connectivity index (χ1) is 10.2. The molecule has 3 rings (SSSR count). The molecule has 0 bridgehead atoms. The molecule has 2 aliphatic heterocycles. The van der Waals surface area contributed by atoms with Gasteiger partial charge in [-0.2, -0.15) is 0 Å². The zero-order valence-electron chi connectivity index (χ0n) is 13.8. The van der Waals surface area contributed by atoms with Crippen LogP contribution < -0.4 is 5.32 Å². The van der Waals surface area contributed by atoms with E-state index in [1.54, 1.807) is 0 Å². The lowest BCUT2D eigenvalue weighted by atomic mass is 9.91. The summed E-state index contributed by atoms with van der Waals surface area (Å²) >= 11 is 0. The first-order valence-corrected chi connectivity index (χ1v) is 8.86. The number of carbonyl (C=O) groups is 1. The number of nitrogens with zero attached hydrogens (tertiary/aromatic N) is 1. The molecule has 5 heteroatoms. The van der Waals surface area contributed by atoms with Crippen molar-refractivity contribution >= 4 is 18.3 Å². The van der Waals surface area contributed by atoms with Gasteiger partial charge in [0.1, 0.15) is 0 Å². The number of ether oxygens (including phenoxy) is 1. The minimum Gasteiger partial charge on any atom is -0.378 e. The largest absolute Gasteiger partial charge is 0.378 e. The summed E-state index contributed by atoms with van der Waals surface area (Å²) in [5.41, 5.74) is 0.368. The molecule has 1 saturated carbocycles. The lowest BCUT2D eigenvalue weighted by Gasteiger charge is -2.26. The minimum atomic E-state index is 0. The first kappa shape index (κ1) is 18.0. The summed E-state index contributed by atoms with van der Waals surface area (Å²) in [6.45, 7) is 7.04. The third-order valence-electron chi connectivity index (χ3n) is 5.63. The van der Waals surface area contributed by atoms with E-state index < -0.39 is 0 Å². The Morgan fingerprint density at radius 2 is 2.05 bits per heavy atom. The van der Waals surface area contributed by atoms with Crippen LogP contribution in [-0.2, 0) is 9.53 Å². The average molecular weight is 331 g/mol. The van der Waals surface area contributed by atoms with Crippen LogP contribution in [0.15, 0.2) is 0 Å². The molecule has 1 spiro atoms. The molecule has 128 valence electrons. The van der Waals surface area contributed by atoms with E-state index in [1.165, 1.54) is 12.8 Å². The van der Waals surface area contributed by atoms with E-state index in [2.05, 4.69) is 17.1 Å². The fourth-order valence-corrected chi connectivity index (χ4v) is 4.13. The van der Waals surface area contributed by atoms with Crippen LogP contribution in [0.2, 0.25) is 0 Å². The summed E-state index contributed by atoms with van der Waals surface area (Å²) in [5, 5.41) is 3.41. The third-order valence-corrected chi connectivity index (χ3v) is 5.63. The Hall–Kier alpha value is -0.320. The smallest absolute Gasteiger partial charge is 0.226 e. The van der Waals surface area contributed by atoms with E-state index in [0.717, 1.165) is 64.9 Å². The van der Waals surface area contributed by atoms with Crippen molar-refractivity contribution in [2.24, 2.45) is 11.3 Å². The predicted molar refractivity (Wildman–Crippen MR) is 90.4 cm³/mol. The molecule has 1 N–H and O–H groups in total. The number of nitrogens with one attached hydrogen (secondary N) is 1. The second kappa shape index (κ2) is 7.98. The molecular weight excluding hydrogens is 300 g/mol. The highest BCUT2D eigenvalue weighted by Gasteiger charge is 2.58. The van der Waals surface area contributed by atoms with Crippen LogP contribution in [0.25, 0.3) is 0 Å². The SMILES string of the molecule is CCCOC1CCCN(C(=O)C2CC23CCNCC3)CC1.Cl. The molecule has 3 aliphatic rings. The van der Waals surface area contributed by atoms with Crippen LogP contribution in [0.1, 0.15) is 51.9 Å². The number of hydrogen-bond acceptors (Lipinski definition) is 3. The molecular formula is C17H31ClN2O2. The summed E-state index contributed by atoms with van der Waals surface area (Å²) in [5.74, 6) is 0.765.